The van der Waals surface area contributed by atoms with Gasteiger partial charge in [-0.05, 0) is 0 Å². The van der Waals surface area contributed by atoms with Gasteiger partial charge in [-0.25, -0.2) is 0 Å². The Kier molecular flexibility index (Phi) is 3.53. The summed E-state index contributed by atoms with van der Waals surface area (Å²) < 4.78 is 0. The summed E-state index contributed by atoms with van der Waals surface area (Å²) in [5, 5.41) is 5.70. The van der Waals surface area contributed by atoms with E-state index in [1.165, 1.54) is 0 Å². The first-order chi connectivity index (χ1) is 5.83. The molecule has 12 heavy (non-hydrogen) atoms. The van der Waals surface area contributed by atoms with Crippen LogP contribution in [0.1, 0.15) is 6.42 Å². The smallest absolute Gasteiger partial charge is 0.227 e. The van der Waals surface area contributed by atoms with E-state index in [1.807, 2.05) is 0 Å². The van der Waals surface area contributed by atoms with Gasteiger partial charge in [0.05, 0.1) is 13.0 Å². The SMILES string of the molecule is NCCNC(=O)CC1=NCCN1. The number of nitrogens with one attached hydrogen (secondary N) is 2. The zero-order valence-corrected chi connectivity index (χ0v) is 6.97. The van der Waals surface area contributed by atoms with Crippen LogP contribution in [0.5, 0.6) is 0 Å². The van der Waals surface area contributed by atoms with Gasteiger partial charge in [0.1, 0.15) is 5.84 Å². The van der Waals surface area contributed by atoms with Gasteiger partial charge in [-0.2, -0.15) is 0 Å². The number of amides is 1. The van der Waals surface area contributed by atoms with Crippen molar-refractivity contribution in [3.8, 4) is 0 Å². The van der Waals surface area contributed by atoms with Crippen LogP contribution in [-0.4, -0.2) is 37.9 Å². The highest BCUT2D eigenvalue weighted by Gasteiger charge is 2.09. The third-order valence-electron chi connectivity index (χ3n) is 1.54. The van der Waals surface area contributed by atoms with Crippen molar-refractivity contribution in [3.63, 3.8) is 0 Å². The van der Waals surface area contributed by atoms with E-state index < -0.39 is 0 Å². The van der Waals surface area contributed by atoms with Crippen LogP contribution in [-0.2, 0) is 4.79 Å². The van der Waals surface area contributed by atoms with Crippen molar-refractivity contribution in [2.45, 2.75) is 6.42 Å². The zero-order valence-electron chi connectivity index (χ0n) is 6.97. The largest absolute Gasteiger partial charge is 0.372 e. The summed E-state index contributed by atoms with van der Waals surface area (Å²) >= 11 is 0. The van der Waals surface area contributed by atoms with Crippen molar-refractivity contribution in [2.24, 2.45) is 10.7 Å². The second-order valence-corrected chi connectivity index (χ2v) is 2.57. The minimum atomic E-state index is -0.0198. The minimum absolute atomic E-state index is 0.0198. The minimum Gasteiger partial charge on any atom is -0.372 e. The Hall–Kier alpha value is -1.10. The number of hydrogen-bond acceptors (Lipinski definition) is 4. The molecule has 0 aliphatic carbocycles. The fourth-order valence-corrected chi connectivity index (χ4v) is 0.992. The van der Waals surface area contributed by atoms with Crippen molar-refractivity contribution >= 4 is 11.7 Å². The van der Waals surface area contributed by atoms with E-state index in [9.17, 15) is 4.79 Å². The molecule has 0 bridgehead atoms. The molecule has 0 unspecified atom stereocenters. The number of hydrogen-bond donors (Lipinski definition) is 3. The van der Waals surface area contributed by atoms with Gasteiger partial charge in [-0.3, -0.25) is 9.79 Å². The molecule has 0 atom stereocenters. The average Bonchev–Trinajstić information content (AvgIpc) is 2.53. The van der Waals surface area contributed by atoms with Gasteiger partial charge in [0, 0.05) is 19.6 Å². The summed E-state index contributed by atoms with van der Waals surface area (Å²) in [5.74, 6) is 0.762. The van der Waals surface area contributed by atoms with Gasteiger partial charge >= 0.3 is 0 Å². The lowest BCUT2D eigenvalue weighted by Crippen LogP contribution is -2.33. The highest BCUT2D eigenvalue weighted by atomic mass is 16.1. The number of carbonyl (C=O) groups excluding carboxylic acids is 1. The first kappa shape index (κ1) is 8.99. The van der Waals surface area contributed by atoms with Gasteiger partial charge in [0.25, 0.3) is 0 Å². The average molecular weight is 170 g/mol. The van der Waals surface area contributed by atoms with Crippen LogP contribution in [0.15, 0.2) is 4.99 Å². The molecule has 4 N–H and O–H groups in total. The summed E-state index contributed by atoms with van der Waals surface area (Å²) in [5.41, 5.74) is 5.22. The number of nitrogens with two attached hydrogens (primary N) is 1. The summed E-state index contributed by atoms with van der Waals surface area (Å²) in [4.78, 5) is 15.2. The number of nitrogens with zero attached hydrogens (tertiary/aromatic N) is 1. The van der Waals surface area contributed by atoms with Gasteiger partial charge in [0.2, 0.25) is 5.91 Å². The fraction of sp³-hybridized carbons (Fsp3) is 0.714. The molecule has 0 aromatic rings. The predicted molar refractivity (Wildman–Crippen MR) is 47.0 cm³/mol. The van der Waals surface area contributed by atoms with E-state index in [0.29, 0.717) is 19.5 Å². The molecule has 0 saturated heterocycles. The molecule has 0 fully saturated rings. The third kappa shape index (κ3) is 2.87. The van der Waals surface area contributed by atoms with E-state index >= 15 is 0 Å². The van der Waals surface area contributed by atoms with Crippen LogP contribution < -0.4 is 16.4 Å². The summed E-state index contributed by atoms with van der Waals surface area (Å²) in [6.07, 6.45) is 0.347. The molecule has 1 aliphatic heterocycles. The molecular formula is C7H14N4O. The monoisotopic (exact) mass is 170 g/mol. The molecular weight excluding hydrogens is 156 g/mol. The van der Waals surface area contributed by atoms with Crippen LogP contribution in [0.4, 0.5) is 0 Å². The molecule has 0 saturated carbocycles. The van der Waals surface area contributed by atoms with E-state index in [0.717, 1.165) is 18.9 Å². The van der Waals surface area contributed by atoms with Crippen molar-refractivity contribution < 1.29 is 4.79 Å². The number of rotatable bonds is 4. The van der Waals surface area contributed by atoms with Crippen molar-refractivity contribution in [3.05, 3.63) is 0 Å². The zero-order chi connectivity index (χ0) is 8.81. The van der Waals surface area contributed by atoms with Crippen molar-refractivity contribution in [1.29, 1.82) is 0 Å². The van der Waals surface area contributed by atoms with Crippen LogP contribution in [0.25, 0.3) is 0 Å². The predicted octanol–water partition coefficient (Wildman–Crippen LogP) is -1.55. The number of carbonyl (C=O) groups is 1. The third-order valence-corrected chi connectivity index (χ3v) is 1.54. The first-order valence-corrected chi connectivity index (χ1v) is 4.07. The Bertz CT molecular complexity index is 190. The van der Waals surface area contributed by atoms with Gasteiger partial charge in [0.15, 0.2) is 0 Å². The lowest BCUT2D eigenvalue weighted by Gasteiger charge is -2.03. The number of aliphatic imine (C=N–C) groups is 1. The van der Waals surface area contributed by atoms with Crippen LogP contribution >= 0.6 is 0 Å². The van der Waals surface area contributed by atoms with E-state index in [1.54, 1.807) is 0 Å². The molecule has 68 valence electrons. The molecule has 1 heterocycles. The first-order valence-electron chi connectivity index (χ1n) is 4.07. The Labute approximate surface area is 71.4 Å². The second kappa shape index (κ2) is 4.71. The van der Waals surface area contributed by atoms with Crippen LogP contribution in [0.3, 0.4) is 0 Å². The maximum Gasteiger partial charge on any atom is 0.227 e. The lowest BCUT2D eigenvalue weighted by molar-refractivity contribution is -0.119. The van der Waals surface area contributed by atoms with E-state index in [4.69, 9.17) is 5.73 Å². The standard InChI is InChI=1S/C7H14N4O/c8-1-2-11-7(12)5-6-9-3-4-10-6/h1-5,8H2,(H,9,10)(H,11,12). The highest BCUT2D eigenvalue weighted by molar-refractivity contribution is 6.00. The number of amidine groups is 1. The summed E-state index contributed by atoms with van der Waals surface area (Å²) in [7, 11) is 0. The Morgan fingerprint density at radius 3 is 3.17 bits per heavy atom. The molecule has 1 aliphatic rings. The normalized spacial score (nSPS) is 15.2. The molecule has 5 nitrogen and oxygen atoms in total. The highest BCUT2D eigenvalue weighted by Crippen LogP contribution is 1.90. The molecule has 0 radical (unpaired) electrons. The van der Waals surface area contributed by atoms with E-state index in [-0.39, 0.29) is 5.91 Å². The van der Waals surface area contributed by atoms with Crippen LogP contribution in [0, 0.1) is 0 Å². The molecule has 1 amide bonds. The second-order valence-electron chi connectivity index (χ2n) is 2.57. The van der Waals surface area contributed by atoms with Gasteiger partial charge in [-0.15, -0.1) is 0 Å². The maximum absolute atomic E-state index is 11.1. The van der Waals surface area contributed by atoms with Crippen LogP contribution in [0.2, 0.25) is 0 Å². The fourth-order valence-electron chi connectivity index (χ4n) is 0.992. The Morgan fingerprint density at radius 1 is 1.75 bits per heavy atom. The van der Waals surface area contributed by atoms with Gasteiger partial charge in [-0.1, -0.05) is 0 Å². The van der Waals surface area contributed by atoms with E-state index in [2.05, 4.69) is 15.6 Å². The molecule has 0 aromatic carbocycles. The molecule has 5 heteroatoms. The maximum atomic E-state index is 11.1. The topological polar surface area (TPSA) is 79.5 Å². The van der Waals surface area contributed by atoms with Gasteiger partial charge < -0.3 is 16.4 Å². The van der Waals surface area contributed by atoms with Crippen molar-refractivity contribution in [2.75, 3.05) is 26.2 Å². The quantitative estimate of drug-likeness (QED) is 0.478. The van der Waals surface area contributed by atoms with Crippen molar-refractivity contribution in [1.82, 2.24) is 10.6 Å². The Balaban J connectivity index is 2.17. The molecule has 0 spiro atoms. The lowest BCUT2D eigenvalue weighted by atomic mass is 10.3. The Morgan fingerprint density at radius 2 is 2.58 bits per heavy atom. The summed E-state index contributed by atoms with van der Waals surface area (Å²) in [6.45, 7) is 2.64. The molecule has 0 aromatic heterocycles. The summed E-state index contributed by atoms with van der Waals surface area (Å²) in [6, 6.07) is 0. The molecule has 1 rings (SSSR count).